The van der Waals surface area contributed by atoms with Crippen LogP contribution in [0, 0.1) is 5.82 Å². The van der Waals surface area contributed by atoms with Crippen LogP contribution in [0.2, 0.25) is 0 Å². The van der Waals surface area contributed by atoms with Gasteiger partial charge in [0, 0.05) is 38.9 Å². The zero-order valence-electron chi connectivity index (χ0n) is 11.7. The Morgan fingerprint density at radius 1 is 1.10 bits per heavy atom. The van der Waals surface area contributed by atoms with Crippen LogP contribution in [0.4, 0.5) is 15.9 Å². The first-order chi connectivity index (χ1) is 10.2. The Bertz CT molecular complexity index is 593. The van der Waals surface area contributed by atoms with Gasteiger partial charge in [-0.25, -0.2) is 9.37 Å². The summed E-state index contributed by atoms with van der Waals surface area (Å²) in [6, 6.07) is 5.36. The van der Waals surface area contributed by atoms with Crippen LogP contribution in [0.1, 0.15) is 5.56 Å². The lowest BCUT2D eigenvalue weighted by atomic mass is 10.2. The Hall–Kier alpha value is -2.21. The monoisotopic (exact) mass is 287 g/mol. The molecule has 2 aromatic heterocycles. The van der Waals surface area contributed by atoms with Crippen LogP contribution in [0.15, 0.2) is 36.8 Å². The maximum absolute atomic E-state index is 13.1. The number of nitrogens with zero attached hydrogens (tertiary/aromatic N) is 4. The van der Waals surface area contributed by atoms with E-state index in [0.717, 1.165) is 44.1 Å². The Morgan fingerprint density at radius 2 is 1.90 bits per heavy atom. The standard InChI is InChI=1S/C15H18FN5/c16-13-7-12(8-18-9-13)11-20-3-5-21(6-4-20)15-2-1-14(17)10-19-15/h1-2,7-10H,3-6,11,17H2. The van der Waals surface area contributed by atoms with Crippen molar-refractivity contribution in [1.82, 2.24) is 14.9 Å². The maximum atomic E-state index is 13.1. The second-order valence-electron chi connectivity index (χ2n) is 5.22. The Labute approximate surface area is 123 Å². The van der Waals surface area contributed by atoms with Crippen molar-refractivity contribution in [2.24, 2.45) is 0 Å². The summed E-state index contributed by atoms with van der Waals surface area (Å²) in [6.07, 6.45) is 4.63. The smallest absolute Gasteiger partial charge is 0.141 e. The third kappa shape index (κ3) is 3.46. The molecule has 2 N–H and O–H groups in total. The zero-order chi connectivity index (χ0) is 14.7. The van der Waals surface area contributed by atoms with Gasteiger partial charge in [-0.1, -0.05) is 0 Å². The van der Waals surface area contributed by atoms with E-state index >= 15 is 0 Å². The molecule has 21 heavy (non-hydrogen) atoms. The van der Waals surface area contributed by atoms with Crippen LogP contribution in [0.3, 0.4) is 0 Å². The van der Waals surface area contributed by atoms with Gasteiger partial charge < -0.3 is 10.6 Å². The van der Waals surface area contributed by atoms with Crippen LogP contribution in [0.25, 0.3) is 0 Å². The highest BCUT2D eigenvalue weighted by molar-refractivity contribution is 5.46. The molecule has 3 rings (SSSR count). The lowest BCUT2D eigenvalue weighted by Crippen LogP contribution is -2.46. The molecule has 0 unspecified atom stereocenters. The summed E-state index contributed by atoms with van der Waals surface area (Å²) in [6.45, 7) is 4.37. The second-order valence-corrected chi connectivity index (χ2v) is 5.22. The van der Waals surface area contributed by atoms with Crippen molar-refractivity contribution < 1.29 is 4.39 Å². The predicted molar refractivity (Wildman–Crippen MR) is 80.3 cm³/mol. The molecule has 0 spiro atoms. The Balaban J connectivity index is 1.56. The minimum absolute atomic E-state index is 0.280. The molecule has 0 aromatic carbocycles. The quantitative estimate of drug-likeness (QED) is 0.927. The van der Waals surface area contributed by atoms with E-state index in [9.17, 15) is 4.39 Å². The van der Waals surface area contributed by atoms with Gasteiger partial charge in [0.2, 0.25) is 0 Å². The first-order valence-corrected chi connectivity index (χ1v) is 6.99. The average molecular weight is 287 g/mol. The molecule has 1 aliphatic heterocycles. The summed E-state index contributed by atoms with van der Waals surface area (Å²) >= 11 is 0. The van der Waals surface area contributed by atoms with Crippen LogP contribution in [0.5, 0.6) is 0 Å². The summed E-state index contributed by atoms with van der Waals surface area (Å²) in [5.41, 5.74) is 7.24. The van der Waals surface area contributed by atoms with Crippen molar-refractivity contribution in [2.45, 2.75) is 6.54 Å². The van der Waals surface area contributed by atoms with Crippen molar-refractivity contribution in [1.29, 1.82) is 0 Å². The highest BCUT2D eigenvalue weighted by Gasteiger charge is 2.18. The summed E-state index contributed by atoms with van der Waals surface area (Å²) in [4.78, 5) is 12.8. The molecule has 0 amide bonds. The second kappa shape index (κ2) is 6.05. The average Bonchev–Trinajstić information content (AvgIpc) is 2.49. The number of halogens is 1. The van der Waals surface area contributed by atoms with Crippen molar-refractivity contribution in [2.75, 3.05) is 36.8 Å². The summed E-state index contributed by atoms with van der Waals surface area (Å²) < 4.78 is 13.1. The number of pyridine rings is 2. The minimum atomic E-state index is -0.280. The third-order valence-electron chi connectivity index (χ3n) is 3.63. The number of nitrogens with two attached hydrogens (primary N) is 1. The topological polar surface area (TPSA) is 58.3 Å². The molecule has 2 aromatic rings. The van der Waals surface area contributed by atoms with Crippen LogP contribution in [-0.4, -0.2) is 41.0 Å². The molecule has 1 fully saturated rings. The maximum Gasteiger partial charge on any atom is 0.141 e. The first-order valence-electron chi connectivity index (χ1n) is 6.99. The van der Waals surface area contributed by atoms with Crippen LogP contribution >= 0.6 is 0 Å². The van der Waals surface area contributed by atoms with Crippen molar-refractivity contribution in [3.05, 3.63) is 48.2 Å². The van der Waals surface area contributed by atoms with E-state index < -0.39 is 0 Å². The van der Waals surface area contributed by atoms with Crippen LogP contribution in [-0.2, 0) is 6.54 Å². The minimum Gasteiger partial charge on any atom is -0.397 e. The van der Waals surface area contributed by atoms with Gasteiger partial charge in [-0.3, -0.25) is 9.88 Å². The molecular formula is C15H18FN5. The molecular weight excluding hydrogens is 269 g/mol. The number of rotatable bonds is 3. The van der Waals surface area contributed by atoms with Gasteiger partial charge in [-0.05, 0) is 23.8 Å². The zero-order valence-corrected chi connectivity index (χ0v) is 11.7. The number of aromatic nitrogens is 2. The molecule has 0 radical (unpaired) electrons. The number of hydrogen-bond donors (Lipinski definition) is 1. The predicted octanol–water partition coefficient (Wildman–Crippen LogP) is 1.52. The fourth-order valence-electron chi connectivity index (χ4n) is 2.52. The van der Waals surface area contributed by atoms with Gasteiger partial charge in [-0.2, -0.15) is 0 Å². The van der Waals surface area contributed by atoms with E-state index in [1.165, 1.54) is 6.20 Å². The SMILES string of the molecule is Nc1ccc(N2CCN(Cc3cncc(F)c3)CC2)nc1. The Kier molecular flexibility index (Phi) is 3.96. The summed E-state index contributed by atoms with van der Waals surface area (Å²) in [5, 5.41) is 0. The number of piperazine rings is 1. The molecule has 1 aliphatic rings. The lowest BCUT2D eigenvalue weighted by molar-refractivity contribution is 0.248. The number of anilines is 2. The van der Waals surface area contributed by atoms with E-state index in [0.29, 0.717) is 5.69 Å². The molecule has 0 saturated carbocycles. The largest absolute Gasteiger partial charge is 0.397 e. The first kappa shape index (κ1) is 13.8. The van der Waals surface area contributed by atoms with Crippen molar-refractivity contribution in [3.8, 4) is 0 Å². The highest BCUT2D eigenvalue weighted by atomic mass is 19.1. The molecule has 0 bridgehead atoms. The van der Waals surface area contributed by atoms with Crippen LogP contribution < -0.4 is 10.6 Å². The van der Waals surface area contributed by atoms with Gasteiger partial charge in [-0.15, -0.1) is 0 Å². The molecule has 1 saturated heterocycles. The highest BCUT2D eigenvalue weighted by Crippen LogP contribution is 2.16. The number of hydrogen-bond acceptors (Lipinski definition) is 5. The fraction of sp³-hybridized carbons (Fsp3) is 0.333. The lowest BCUT2D eigenvalue weighted by Gasteiger charge is -2.35. The number of nitrogen functional groups attached to an aromatic ring is 1. The van der Waals surface area contributed by atoms with Crippen molar-refractivity contribution >= 4 is 11.5 Å². The van der Waals surface area contributed by atoms with Gasteiger partial charge in [0.25, 0.3) is 0 Å². The van der Waals surface area contributed by atoms with Gasteiger partial charge in [0.15, 0.2) is 0 Å². The fourth-order valence-corrected chi connectivity index (χ4v) is 2.52. The van der Waals surface area contributed by atoms with E-state index in [1.807, 2.05) is 12.1 Å². The van der Waals surface area contributed by atoms with Gasteiger partial charge in [0.1, 0.15) is 11.6 Å². The third-order valence-corrected chi connectivity index (χ3v) is 3.63. The molecule has 110 valence electrons. The summed E-state index contributed by atoms with van der Waals surface area (Å²) in [7, 11) is 0. The van der Waals surface area contributed by atoms with Crippen molar-refractivity contribution in [3.63, 3.8) is 0 Å². The van der Waals surface area contributed by atoms with E-state index in [-0.39, 0.29) is 5.82 Å². The van der Waals surface area contributed by atoms with Gasteiger partial charge in [0.05, 0.1) is 18.1 Å². The molecule has 6 heteroatoms. The van der Waals surface area contributed by atoms with Gasteiger partial charge >= 0.3 is 0 Å². The molecule has 0 aliphatic carbocycles. The molecule has 5 nitrogen and oxygen atoms in total. The molecule has 0 atom stereocenters. The summed E-state index contributed by atoms with van der Waals surface area (Å²) in [5.74, 6) is 0.675. The van der Waals surface area contributed by atoms with E-state index in [2.05, 4.69) is 19.8 Å². The Morgan fingerprint density at radius 3 is 2.57 bits per heavy atom. The van der Waals surface area contributed by atoms with E-state index in [4.69, 9.17) is 5.73 Å². The van der Waals surface area contributed by atoms with E-state index in [1.54, 1.807) is 18.5 Å². The molecule has 3 heterocycles. The normalized spacial score (nSPS) is 16.1.